The number of fused-ring (bicyclic) bond motifs is 2. The molecule has 0 unspecified atom stereocenters. The summed E-state index contributed by atoms with van der Waals surface area (Å²) in [6, 6.07) is 7.62. The molecule has 0 spiro atoms. The molecule has 1 aromatic carbocycles. The second-order valence-electron chi connectivity index (χ2n) is 7.96. The monoisotopic (exact) mass is 421 g/mol. The third kappa shape index (κ3) is 4.02. The number of carboxylic acid groups (broad SMARTS) is 1. The van der Waals surface area contributed by atoms with Gasteiger partial charge in [-0.05, 0) is 32.3 Å². The number of hydrogen-bond acceptors (Lipinski definition) is 5. The Labute approximate surface area is 170 Å². The van der Waals surface area contributed by atoms with Gasteiger partial charge in [0.1, 0.15) is 0 Å². The fourth-order valence-corrected chi connectivity index (χ4v) is 6.87. The third-order valence-electron chi connectivity index (χ3n) is 5.78. The van der Waals surface area contributed by atoms with Gasteiger partial charge in [-0.3, -0.25) is 9.59 Å². The molecular formula is C20H27N3O5S. The summed E-state index contributed by atoms with van der Waals surface area (Å²) in [4.78, 5) is 25.8. The first-order valence-corrected chi connectivity index (χ1v) is 11.2. The van der Waals surface area contributed by atoms with Crippen LogP contribution in [0.15, 0.2) is 30.5 Å². The maximum Gasteiger partial charge on any atom is 0.300 e. The fraction of sp³-hybridized carbons (Fsp3) is 0.500. The minimum absolute atomic E-state index is 0.000994. The van der Waals surface area contributed by atoms with E-state index in [9.17, 15) is 13.2 Å². The van der Waals surface area contributed by atoms with Gasteiger partial charge in [0.2, 0.25) is 0 Å². The Kier molecular flexibility index (Phi) is 5.73. The van der Waals surface area contributed by atoms with Crippen LogP contribution >= 0.6 is 0 Å². The van der Waals surface area contributed by atoms with E-state index in [1.54, 1.807) is 4.90 Å². The van der Waals surface area contributed by atoms with Crippen LogP contribution in [0.25, 0.3) is 10.9 Å². The Morgan fingerprint density at radius 1 is 1.17 bits per heavy atom. The minimum Gasteiger partial charge on any atom is -0.481 e. The van der Waals surface area contributed by atoms with Crippen molar-refractivity contribution in [2.24, 2.45) is 13.0 Å². The SMILES string of the molecule is CC(=O)O.CN(C)[C@@H]1CS(=O)(=O)[C@H]2CN(C(=O)c3cccc4c3ccn4C)C[C@@H]12. The lowest BCUT2D eigenvalue weighted by Crippen LogP contribution is -2.38. The van der Waals surface area contributed by atoms with E-state index in [1.165, 1.54) is 0 Å². The maximum absolute atomic E-state index is 13.1. The van der Waals surface area contributed by atoms with E-state index in [0.29, 0.717) is 18.7 Å². The number of rotatable bonds is 2. The summed E-state index contributed by atoms with van der Waals surface area (Å²) in [5.74, 6) is -0.705. The molecule has 8 nitrogen and oxygen atoms in total. The van der Waals surface area contributed by atoms with Crippen molar-refractivity contribution in [2.45, 2.75) is 18.2 Å². The van der Waals surface area contributed by atoms with Gasteiger partial charge in [0.05, 0.1) is 11.0 Å². The molecule has 1 amide bonds. The molecule has 0 aliphatic carbocycles. The number of hydrogen-bond donors (Lipinski definition) is 1. The van der Waals surface area contributed by atoms with Crippen LogP contribution < -0.4 is 0 Å². The molecule has 2 saturated heterocycles. The molecular weight excluding hydrogens is 394 g/mol. The quantitative estimate of drug-likeness (QED) is 0.779. The van der Waals surface area contributed by atoms with Crippen LogP contribution in [-0.2, 0) is 21.7 Å². The molecule has 0 radical (unpaired) electrons. The summed E-state index contributed by atoms with van der Waals surface area (Å²) >= 11 is 0. The Morgan fingerprint density at radius 3 is 2.45 bits per heavy atom. The van der Waals surface area contributed by atoms with E-state index >= 15 is 0 Å². The van der Waals surface area contributed by atoms with Crippen molar-refractivity contribution in [1.29, 1.82) is 0 Å². The molecule has 0 saturated carbocycles. The zero-order valence-electron chi connectivity index (χ0n) is 17.1. The second kappa shape index (κ2) is 7.79. The molecule has 158 valence electrons. The Morgan fingerprint density at radius 2 is 1.83 bits per heavy atom. The molecule has 1 N–H and O–H groups in total. The number of benzene rings is 1. The van der Waals surface area contributed by atoms with E-state index in [0.717, 1.165) is 17.8 Å². The molecule has 2 aliphatic rings. The van der Waals surface area contributed by atoms with Crippen molar-refractivity contribution in [1.82, 2.24) is 14.4 Å². The van der Waals surface area contributed by atoms with Gasteiger partial charge in [0.15, 0.2) is 9.84 Å². The first-order chi connectivity index (χ1) is 13.5. The number of aryl methyl sites for hydroxylation is 1. The Bertz CT molecular complexity index is 1040. The largest absolute Gasteiger partial charge is 0.481 e. The standard InChI is InChI=1S/C18H23N3O3S.C2H4O2/c1-19(2)16-11-25(23,24)17-10-21(9-14(16)17)18(22)13-5-4-6-15-12(13)7-8-20(15)3;1-2(3)4/h4-8,14,16-17H,9-11H2,1-3H3;1H3,(H,3,4)/t14-,16+,17-;/m0./s1. The van der Waals surface area contributed by atoms with Crippen LogP contribution in [0.2, 0.25) is 0 Å². The predicted octanol–water partition coefficient (Wildman–Crippen LogP) is 1.07. The van der Waals surface area contributed by atoms with Crippen molar-refractivity contribution in [2.75, 3.05) is 32.9 Å². The molecule has 3 heterocycles. The molecule has 4 rings (SSSR count). The molecule has 3 atom stereocenters. The molecule has 9 heteroatoms. The summed E-state index contributed by atoms with van der Waals surface area (Å²) in [7, 11) is 2.63. The average Bonchev–Trinajstić information content (AvgIpc) is 3.29. The summed E-state index contributed by atoms with van der Waals surface area (Å²) < 4.78 is 27.0. The first-order valence-electron chi connectivity index (χ1n) is 9.43. The summed E-state index contributed by atoms with van der Waals surface area (Å²) in [5, 5.41) is 7.90. The van der Waals surface area contributed by atoms with Crippen LogP contribution in [0.5, 0.6) is 0 Å². The van der Waals surface area contributed by atoms with E-state index in [4.69, 9.17) is 9.90 Å². The van der Waals surface area contributed by atoms with Crippen LogP contribution in [-0.4, -0.2) is 84.0 Å². The highest BCUT2D eigenvalue weighted by atomic mass is 32.2. The number of carboxylic acids is 1. The normalized spacial score (nSPS) is 25.0. The third-order valence-corrected chi connectivity index (χ3v) is 8.00. The smallest absolute Gasteiger partial charge is 0.300 e. The molecule has 2 fully saturated rings. The van der Waals surface area contributed by atoms with E-state index in [2.05, 4.69) is 0 Å². The lowest BCUT2D eigenvalue weighted by Gasteiger charge is -2.25. The van der Waals surface area contributed by atoms with Gasteiger partial charge < -0.3 is 19.5 Å². The number of aliphatic carboxylic acids is 1. The number of likely N-dealkylation sites (tertiary alicyclic amines) is 1. The maximum atomic E-state index is 13.1. The van der Waals surface area contributed by atoms with E-state index in [1.807, 2.05) is 61.1 Å². The van der Waals surface area contributed by atoms with Gasteiger partial charge >= 0.3 is 0 Å². The van der Waals surface area contributed by atoms with Crippen LogP contribution in [0.1, 0.15) is 17.3 Å². The number of amides is 1. The zero-order chi connectivity index (χ0) is 21.5. The van der Waals surface area contributed by atoms with E-state index < -0.39 is 21.1 Å². The van der Waals surface area contributed by atoms with Crippen molar-refractivity contribution in [3.63, 3.8) is 0 Å². The highest BCUT2D eigenvalue weighted by Crippen LogP contribution is 2.37. The molecule has 1 aromatic heterocycles. The molecule has 2 aliphatic heterocycles. The number of carbonyl (C=O) groups is 2. The van der Waals surface area contributed by atoms with Crippen LogP contribution in [0.3, 0.4) is 0 Å². The highest BCUT2D eigenvalue weighted by Gasteiger charge is 2.53. The van der Waals surface area contributed by atoms with Gasteiger partial charge in [0, 0.05) is 61.7 Å². The fourth-order valence-electron chi connectivity index (χ4n) is 4.39. The van der Waals surface area contributed by atoms with Crippen LogP contribution in [0, 0.1) is 5.92 Å². The number of nitrogens with zero attached hydrogens (tertiary/aromatic N) is 3. The number of aromatic nitrogens is 1. The summed E-state index contributed by atoms with van der Waals surface area (Å²) in [6.45, 7) is 1.90. The second-order valence-corrected chi connectivity index (χ2v) is 10.2. The number of sulfone groups is 1. The summed E-state index contributed by atoms with van der Waals surface area (Å²) in [5.41, 5.74) is 1.65. The van der Waals surface area contributed by atoms with Gasteiger partial charge in [-0.1, -0.05) is 6.07 Å². The van der Waals surface area contributed by atoms with Gasteiger partial charge in [-0.25, -0.2) is 8.42 Å². The lowest BCUT2D eigenvalue weighted by molar-refractivity contribution is -0.134. The van der Waals surface area contributed by atoms with Crippen molar-refractivity contribution >= 4 is 32.6 Å². The summed E-state index contributed by atoms with van der Waals surface area (Å²) in [6.07, 6.45) is 1.94. The Hall–Kier alpha value is -2.39. The molecule has 0 bridgehead atoms. The minimum atomic E-state index is -3.14. The lowest BCUT2D eigenvalue weighted by atomic mass is 10.00. The van der Waals surface area contributed by atoms with Gasteiger partial charge in [0.25, 0.3) is 11.9 Å². The Balaban J connectivity index is 0.000000552. The van der Waals surface area contributed by atoms with Gasteiger partial charge in [-0.2, -0.15) is 0 Å². The number of carbonyl (C=O) groups excluding carboxylic acids is 1. The van der Waals surface area contributed by atoms with E-state index in [-0.39, 0.29) is 23.6 Å². The zero-order valence-corrected chi connectivity index (χ0v) is 17.9. The average molecular weight is 422 g/mol. The van der Waals surface area contributed by atoms with Crippen molar-refractivity contribution in [3.8, 4) is 0 Å². The molecule has 29 heavy (non-hydrogen) atoms. The van der Waals surface area contributed by atoms with Crippen LogP contribution in [0.4, 0.5) is 0 Å². The highest BCUT2D eigenvalue weighted by molar-refractivity contribution is 7.92. The van der Waals surface area contributed by atoms with Gasteiger partial charge in [-0.15, -0.1) is 0 Å². The topological polar surface area (TPSA) is 99.9 Å². The molecule has 2 aromatic rings. The van der Waals surface area contributed by atoms with Crippen molar-refractivity contribution in [3.05, 3.63) is 36.0 Å². The first kappa shape index (κ1) is 21.3. The van der Waals surface area contributed by atoms with Crippen molar-refractivity contribution < 1.29 is 23.1 Å². The predicted molar refractivity (Wildman–Crippen MR) is 111 cm³/mol.